The Morgan fingerprint density at radius 3 is 2.32 bits per heavy atom. The predicted octanol–water partition coefficient (Wildman–Crippen LogP) is 5.94. The van der Waals surface area contributed by atoms with Gasteiger partial charge in [-0.2, -0.15) is 0 Å². The summed E-state index contributed by atoms with van der Waals surface area (Å²) in [6.07, 6.45) is 1.79. The number of aryl methyl sites for hydroxylation is 1. The predicted molar refractivity (Wildman–Crippen MR) is 115 cm³/mol. The number of rotatable bonds is 4. The Labute approximate surface area is 171 Å². The largest absolute Gasteiger partial charge is 0.475 e. The third-order valence-corrected chi connectivity index (χ3v) is 5.45. The van der Waals surface area contributed by atoms with E-state index in [1.54, 1.807) is 6.20 Å². The lowest BCUT2D eigenvalue weighted by Crippen LogP contribution is -2.17. The number of hydrogen-bond donors (Lipinski definition) is 0. The van der Waals surface area contributed by atoms with Gasteiger partial charge < -0.3 is 4.74 Å². The number of pyridine rings is 1. The van der Waals surface area contributed by atoms with E-state index in [-0.39, 0.29) is 10.9 Å². The van der Waals surface area contributed by atoms with Gasteiger partial charge >= 0.3 is 0 Å². The molecule has 2 aromatic carbocycles. The molecule has 0 aliphatic carbocycles. The van der Waals surface area contributed by atoms with Gasteiger partial charge in [0.1, 0.15) is 6.61 Å². The lowest BCUT2D eigenvalue weighted by Gasteiger charge is -2.14. The Morgan fingerprint density at radius 2 is 1.68 bits per heavy atom. The first-order valence-electron chi connectivity index (χ1n) is 9.42. The fourth-order valence-electron chi connectivity index (χ4n) is 3.42. The van der Waals surface area contributed by atoms with Crippen molar-refractivity contribution < 1.29 is 4.74 Å². The standard InChI is InChI=1S/C24H23ClN2O/c1-16-19(9-6-14-26-16)22(25)18-12-10-17(11-13-18)20-7-4-5-8-21(20)23-27-24(2,3)15-28-23/h4-14,22H,15H2,1-3H3. The smallest absolute Gasteiger partial charge is 0.217 e. The van der Waals surface area contributed by atoms with E-state index in [1.165, 1.54) is 0 Å². The monoisotopic (exact) mass is 390 g/mol. The maximum absolute atomic E-state index is 6.72. The first-order chi connectivity index (χ1) is 13.4. The van der Waals surface area contributed by atoms with Crippen molar-refractivity contribution >= 4 is 17.5 Å². The van der Waals surface area contributed by atoms with Crippen LogP contribution in [0.2, 0.25) is 0 Å². The summed E-state index contributed by atoms with van der Waals surface area (Å²) < 4.78 is 5.87. The number of benzene rings is 2. The van der Waals surface area contributed by atoms with Crippen molar-refractivity contribution in [2.75, 3.05) is 6.61 Å². The molecule has 0 fully saturated rings. The van der Waals surface area contributed by atoms with Crippen LogP contribution in [0.1, 0.15) is 41.6 Å². The Balaban J connectivity index is 1.67. The molecule has 28 heavy (non-hydrogen) atoms. The fraction of sp³-hybridized carbons (Fsp3) is 0.250. The van der Waals surface area contributed by atoms with Crippen LogP contribution < -0.4 is 0 Å². The highest BCUT2D eigenvalue weighted by Gasteiger charge is 2.28. The van der Waals surface area contributed by atoms with E-state index < -0.39 is 0 Å². The molecule has 3 nitrogen and oxygen atoms in total. The Hall–Kier alpha value is -2.65. The zero-order valence-electron chi connectivity index (χ0n) is 16.3. The van der Waals surface area contributed by atoms with Crippen LogP contribution in [0.3, 0.4) is 0 Å². The van der Waals surface area contributed by atoms with Gasteiger partial charge in [-0.25, -0.2) is 4.99 Å². The number of aliphatic imine (C=N–C) groups is 1. The molecule has 1 aliphatic heterocycles. The second kappa shape index (κ2) is 7.40. The number of aromatic nitrogens is 1. The molecule has 0 spiro atoms. The van der Waals surface area contributed by atoms with Crippen LogP contribution in [0.25, 0.3) is 11.1 Å². The van der Waals surface area contributed by atoms with Gasteiger partial charge in [0.05, 0.1) is 10.9 Å². The minimum absolute atomic E-state index is 0.181. The molecular formula is C24H23ClN2O. The van der Waals surface area contributed by atoms with E-state index in [2.05, 4.69) is 55.2 Å². The van der Waals surface area contributed by atoms with Gasteiger partial charge in [0.15, 0.2) is 0 Å². The van der Waals surface area contributed by atoms with Crippen LogP contribution in [0.4, 0.5) is 0 Å². The van der Waals surface area contributed by atoms with Gasteiger partial charge in [-0.15, -0.1) is 11.6 Å². The second-order valence-electron chi connectivity index (χ2n) is 7.73. The van der Waals surface area contributed by atoms with Crippen molar-refractivity contribution in [3.05, 3.63) is 89.2 Å². The second-order valence-corrected chi connectivity index (χ2v) is 8.16. The van der Waals surface area contributed by atoms with E-state index in [4.69, 9.17) is 21.3 Å². The molecule has 1 unspecified atom stereocenters. The van der Waals surface area contributed by atoms with Gasteiger partial charge in [-0.05, 0) is 55.2 Å². The Morgan fingerprint density at radius 1 is 0.964 bits per heavy atom. The summed E-state index contributed by atoms with van der Waals surface area (Å²) in [4.78, 5) is 9.09. The summed E-state index contributed by atoms with van der Waals surface area (Å²) in [5, 5.41) is -0.221. The molecule has 0 saturated carbocycles. The number of ether oxygens (including phenoxy) is 1. The zero-order valence-corrected chi connectivity index (χ0v) is 17.1. The fourth-order valence-corrected chi connectivity index (χ4v) is 3.80. The molecule has 0 radical (unpaired) electrons. The van der Waals surface area contributed by atoms with E-state index in [1.807, 2.05) is 31.2 Å². The highest BCUT2D eigenvalue weighted by atomic mass is 35.5. The Kier molecular flexibility index (Phi) is 4.94. The molecule has 1 aromatic heterocycles. The van der Waals surface area contributed by atoms with Crippen molar-refractivity contribution in [2.45, 2.75) is 31.7 Å². The molecule has 1 aliphatic rings. The average molecular weight is 391 g/mol. The van der Waals surface area contributed by atoms with Crippen molar-refractivity contribution in [3.8, 4) is 11.1 Å². The molecule has 1 atom stereocenters. The zero-order chi connectivity index (χ0) is 19.7. The minimum atomic E-state index is -0.221. The molecule has 3 aromatic rings. The highest BCUT2D eigenvalue weighted by molar-refractivity contribution is 6.22. The van der Waals surface area contributed by atoms with Crippen LogP contribution in [0.15, 0.2) is 71.9 Å². The summed E-state index contributed by atoms with van der Waals surface area (Å²) in [5.41, 5.74) is 6.10. The van der Waals surface area contributed by atoms with Crippen LogP contribution in [-0.4, -0.2) is 23.0 Å². The topological polar surface area (TPSA) is 34.5 Å². The molecule has 0 saturated heterocycles. The van der Waals surface area contributed by atoms with Crippen LogP contribution >= 0.6 is 11.6 Å². The van der Waals surface area contributed by atoms with E-state index in [9.17, 15) is 0 Å². The molecule has 2 heterocycles. The van der Waals surface area contributed by atoms with Gasteiger partial charge in [0.2, 0.25) is 5.90 Å². The van der Waals surface area contributed by atoms with E-state index in [0.29, 0.717) is 12.5 Å². The van der Waals surface area contributed by atoms with Crippen molar-refractivity contribution in [1.82, 2.24) is 4.98 Å². The van der Waals surface area contributed by atoms with Gasteiger partial charge in [0.25, 0.3) is 0 Å². The summed E-state index contributed by atoms with van der Waals surface area (Å²) in [6.45, 7) is 6.75. The number of halogens is 1. The van der Waals surface area contributed by atoms with E-state index in [0.717, 1.165) is 33.5 Å². The Bertz CT molecular complexity index is 1020. The SMILES string of the molecule is Cc1ncccc1C(Cl)c1ccc(-c2ccccc2C2=NC(C)(C)CO2)cc1. The summed E-state index contributed by atoms with van der Waals surface area (Å²) >= 11 is 6.72. The lowest BCUT2D eigenvalue weighted by atomic mass is 9.96. The summed E-state index contributed by atoms with van der Waals surface area (Å²) in [5.74, 6) is 0.714. The van der Waals surface area contributed by atoms with Gasteiger partial charge in [0, 0.05) is 17.5 Å². The third-order valence-electron chi connectivity index (χ3n) is 4.96. The summed E-state index contributed by atoms with van der Waals surface area (Å²) in [7, 11) is 0. The first-order valence-corrected chi connectivity index (χ1v) is 9.86. The normalized spacial score (nSPS) is 16.4. The third kappa shape index (κ3) is 3.67. The summed E-state index contributed by atoms with van der Waals surface area (Å²) in [6, 6.07) is 20.5. The molecule has 4 heteroatoms. The van der Waals surface area contributed by atoms with Gasteiger partial charge in [-0.1, -0.05) is 48.5 Å². The maximum Gasteiger partial charge on any atom is 0.217 e. The van der Waals surface area contributed by atoms with Crippen LogP contribution in [0, 0.1) is 6.92 Å². The first kappa shape index (κ1) is 18.7. The van der Waals surface area contributed by atoms with Crippen molar-refractivity contribution in [1.29, 1.82) is 0 Å². The lowest BCUT2D eigenvalue weighted by molar-refractivity contribution is 0.279. The molecular weight excluding hydrogens is 368 g/mol. The van der Waals surface area contributed by atoms with Crippen LogP contribution in [0.5, 0.6) is 0 Å². The van der Waals surface area contributed by atoms with Gasteiger partial charge in [-0.3, -0.25) is 4.98 Å². The quantitative estimate of drug-likeness (QED) is 0.516. The van der Waals surface area contributed by atoms with Crippen molar-refractivity contribution in [2.24, 2.45) is 4.99 Å². The molecule has 0 bridgehead atoms. The molecule has 0 N–H and O–H groups in total. The molecule has 4 rings (SSSR count). The van der Waals surface area contributed by atoms with Crippen molar-refractivity contribution in [3.63, 3.8) is 0 Å². The highest BCUT2D eigenvalue weighted by Crippen LogP contribution is 2.33. The number of nitrogens with zero attached hydrogens (tertiary/aromatic N) is 2. The molecule has 0 amide bonds. The van der Waals surface area contributed by atoms with E-state index >= 15 is 0 Å². The van der Waals surface area contributed by atoms with Crippen LogP contribution in [-0.2, 0) is 4.74 Å². The maximum atomic E-state index is 6.72. The average Bonchev–Trinajstić information content (AvgIpc) is 3.08. The number of alkyl halides is 1. The molecule has 142 valence electrons. The minimum Gasteiger partial charge on any atom is -0.475 e. The number of hydrogen-bond acceptors (Lipinski definition) is 3.